The van der Waals surface area contributed by atoms with E-state index in [1.807, 2.05) is 0 Å². The molecular weight excluding hydrogens is 243 g/mol. The molecule has 2 aromatic rings. The van der Waals surface area contributed by atoms with E-state index in [-0.39, 0.29) is 10.6 Å². The van der Waals surface area contributed by atoms with Crippen LogP contribution in [0, 0.1) is 5.82 Å². The van der Waals surface area contributed by atoms with Gasteiger partial charge in [-0.15, -0.1) is 0 Å². The summed E-state index contributed by atoms with van der Waals surface area (Å²) < 4.78 is 38.4. The third-order valence-corrected chi connectivity index (χ3v) is 3.91. The van der Waals surface area contributed by atoms with Crippen molar-refractivity contribution in [2.24, 2.45) is 7.05 Å². The minimum atomic E-state index is -3.54. The van der Waals surface area contributed by atoms with Gasteiger partial charge in [-0.05, 0) is 24.3 Å². The number of rotatable bonds is 3. The topological polar surface area (TPSA) is 52.0 Å². The van der Waals surface area contributed by atoms with Crippen LogP contribution in [0.15, 0.2) is 41.4 Å². The van der Waals surface area contributed by atoms with E-state index in [1.54, 1.807) is 19.3 Å². The van der Waals surface area contributed by atoms with Crippen molar-refractivity contribution in [2.75, 3.05) is 0 Å². The summed E-state index contributed by atoms with van der Waals surface area (Å²) in [6.45, 7) is 0. The summed E-state index contributed by atoms with van der Waals surface area (Å²) in [5, 5.41) is 3.99. The average molecular weight is 254 g/mol. The van der Waals surface area contributed by atoms with E-state index >= 15 is 0 Å². The standard InChI is InChI=1S/C11H11FN2O2S/c1-14-6-5-10(13-14)8-17(15,16)11-4-2-3-9(12)7-11/h2-7H,8H2,1H3. The highest BCUT2D eigenvalue weighted by molar-refractivity contribution is 7.90. The number of aromatic nitrogens is 2. The number of aryl methyl sites for hydroxylation is 1. The Morgan fingerprint density at radius 3 is 2.71 bits per heavy atom. The Hall–Kier alpha value is -1.69. The van der Waals surface area contributed by atoms with Crippen LogP contribution in [-0.4, -0.2) is 18.2 Å². The third kappa shape index (κ3) is 2.71. The molecule has 0 atom stereocenters. The molecule has 1 aromatic heterocycles. The largest absolute Gasteiger partial charge is 0.276 e. The second kappa shape index (κ2) is 4.29. The van der Waals surface area contributed by atoms with E-state index in [2.05, 4.69) is 5.10 Å². The van der Waals surface area contributed by atoms with Crippen molar-refractivity contribution in [3.63, 3.8) is 0 Å². The summed E-state index contributed by atoms with van der Waals surface area (Å²) in [5.74, 6) is -0.788. The summed E-state index contributed by atoms with van der Waals surface area (Å²) in [6.07, 6.45) is 1.66. The monoisotopic (exact) mass is 254 g/mol. The van der Waals surface area contributed by atoms with Crippen LogP contribution in [0.25, 0.3) is 0 Å². The number of hydrogen-bond acceptors (Lipinski definition) is 3. The summed E-state index contributed by atoms with van der Waals surface area (Å²) in [7, 11) is -1.83. The lowest BCUT2D eigenvalue weighted by molar-refractivity contribution is 0.589. The molecule has 0 saturated heterocycles. The molecule has 0 aliphatic rings. The van der Waals surface area contributed by atoms with Crippen molar-refractivity contribution in [1.29, 1.82) is 0 Å². The molecule has 0 amide bonds. The van der Waals surface area contributed by atoms with Gasteiger partial charge in [0.1, 0.15) is 5.82 Å². The van der Waals surface area contributed by atoms with Crippen LogP contribution in [-0.2, 0) is 22.6 Å². The zero-order valence-electron chi connectivity index (χ0n) is 9.17. The SMILES string of the molecule is Cn1ccc(CS(=O)(=O)c2cccc(F)c2)n1. The van der Waals surface area contributed by atoms with E-state index in [0.29, 0.717) is 5.69 Å². The maximum absolute atomic E-state index is 13.0. The lowest BCUT2D eigenvalue weighted by Crippen LogP contribution is -2.06. The minimum Gasteiger partial charge on any atom is -0.276 e. The average Bonchev–Trinajstić information content (AvgIpc) is 2.63. The molecule has 0 fully saturated rings. The molecule has 2 rings (SSSR count). The second-order valence-corrected chi connectivity index (χ2v) is 5.69. The van der Waals surface area contributed by atoms with Gasteiger partial charge in [-0.3, -0.25) is 4.68 Å². The molecular formula is C11H11FN2O2S. The molecule has 1 heterocycles. The van der Waals surface area contributed by atoms with Gasteiger partial charge in [-0.1, -0.05) is 6.07 Å². The van der Waals surface area contributed by atoms with Crippen molar-refractivity contribution >= 4 is 9.84 Å². The molecule has 90 valence electrons. The molecule has 0 radical (unpaired) electrons. The van der Waals surface area contributed by atoms with Gasteiger partial charge in [-0.25, -0.2) is 12.8 Å². The highest BCUT2D eigenvalue weighted by Gasteiger charge is 2.17. The van der Waals surface area contributed by atoms with Gasteiger partial charge >= 0.3 is 0 Å². The Balaban J connectivity index is 2.31. The fourth-order valence-electron chi connectivity index (χ4n) is 1.48. The van der Waals surface area contributed by atoms with Crippen LogP contribution in [0.3, 0.4) is 0 Å². The molecule has 4 nitrogen and oxygen atoms in total. The summed E-state index contributed by atoms with van der Waals surface area (Å²) in [4.78, 5) is -0.0249. The predicted molar refractivity (Wildman–Crippen MR) is 60.5 cm³/mol. The predicted octanol–water partition coefficient (Wildman–Crippen LogP) is 1.53. The van der Waals surface area contributed by atoms with Crippen LogP contribution in [0.4, 0.5) is 4.39 Å². The fraction of sp³-hybridized carbons (Fsp3) is 0.182. The number of halogens is 1. The maximum atomic E-state index is 13.0. The first-order valence-electron chi connectivity index (χ1n) is 4.94. The molecule has 0 aliphatic heterocycles. The van der Waals surface area contributed by atoms with E-state index in [0.717, 1.165) is 6.07 Å². The van der Waals surface area contributed by atoms with Crippen LogP contribution < -0.4 is 0 Å². The smallest absolute Gasteiger partial charge is 0.184 e. The molecule has 0 saturated carbocycles. The number of sulfone groups is 1. The highest BCUT2D eigenvalue weighted by atomic mass is 32.2. The van der Waals surface area contributed by atoms with Crippen molar-refractivity contribution in [3.05, 3.63) is 48.0 Å². The van der Waals surface area contributed by atoms with Crippen molar-refractivity contribution < 1.29 is 12.8 Å². The molecule has 0 aliphatic carbocycles. The lowest BCUT2D eigenvalue weighted by atomic mass is 10.4. The van der Waals surface area contributed by atoms with E-state index < -0.39 is 15.7 Å². The van der Waals surface area contributed by atoms with Gasteiger partial charge in [0.15, 0.2) is 9.84 Å². The summed E-state index contributed by atoms with van der Waals surface area (Å²) in [6, 6.07) is 6.59. The van der Waals surface area contributed by atoms with Gasteiger partial charge in [0.25, 0.3) is 0 Å². The quantitative estimate of drug-likeness (QED) is 0.834. The Kier molecular flexibility index (Phi) is 2.97. The molecule has 0 bridgehead atoms. The first kappa shape index (κ1) is 11.8. The first-order chi connectivity index (χ1) is 7.97. The van der Waals surface area contributed by atoms with Crippen LogP contribution >= 0.6 is 0 Å². The van der Waals surface area contributed by atoms with Gasteiger partial charge in [0.05, 0.1) is 16.3 Å². The second-order valence-electron chi connectivity index (χ2n) is 3.70. The van der Waals surface area contributed by atoms with E-state index in [4.69, 9.17) is 0 Å². The van der Waals surface area contributed by atoms with E-state index in [1.165, 1.54) is 22.9 Å². The molecule has 1 aromatic carbocycles. The Bertz CT molecular complexity index is 634. The number of hydrogen-bond donors (Lipinski definition) is 0. The van der Waals surface area contributed by atoms with Gasteiger partial charge in [-0.2, -0.15) is 5.10 Å². The van der Waals surface area contributed by atoms with Crippen LogP contribution in [0.1, 0.15) is 5.69 Å². The fourth-order valence-corrected chi connectivity index (χ4v) is 2.77. The third-order valence-electron chi connectivity index (χ3n) is 2.26. The normalized spacial score (nSPS) is 11.6. The highest BCUT2D eigenvalue weighted by Crippen LogP contribution is 2.16. The zero-order valence-corrected chi connectivity index (χ0v) is 9.98. The Morgan fingerprint density at radius 2 is 2.12 bits per heavy atom. The van der Waals surface area contributed by atoms with Crippen LogP contribution in [0.5, 0.6) is 0 Å². The molecule has 0 spiro atoms. The van der Waals surface area contributed by atoms with Gasteiger partial charge in [0, 0.05) is 13.2 Å². The van der Waals surface area contributed by atoms with Crippen molar-refractivity contribution in [3.8, 4) is 0 Å². The number of benzene rings is 1. The molecule has 17 heavy (non-hydrogen) atoms. The molecule has 6 heteroatoms. The lowest BCUT2D eigenvalue weighted by Gasteiger charge is -2.02. The molecule has 0 N–H and O–H groups in total. The van der Waals surface area contributed by atoms with Gasteiger partial charge < -0.3 is 0 Å². The Morgan fingerprint density at radius 1 is 1.35 bits per heavy atom. The summed E-state index contributed by atoms with van der Waals surface area (Å²) >= 11 is 0. The number of nitrogens with zero attached hydrogens (tertiary/aromatic N) is 2. The van der Waals surface area contributed by atoms with Gasteiger partial charge in [0.2, 0.25) is 0 Å². The van der Waals surface area contributed by atoms with E-state index in [9.17, 15) is 12.8 Å². The van der Waals surface area contributed by atoms with Crippen molar-refractivity contribution in [1.82, 2.24) is 9.78 Å². The van der Waals surface area contributed by atoms with Crippen LogP contribution in [0.2, 0.25) is 0 Å². The van der Waals surface area contributed by atoms with Crippen molar-refractivity contribution in [2.45, 2.75) is 10.6 Å². The maximum Gasteiger partial charge on any atom is 0.184 e. The Labute approximate surface area is 98.6 Å². The first-order valence-corrected chi connectivity index (χ1v) is 6.59. The summed E-state index contributed by atoms with van der Waals surface area (Å²) in [5.41, 5.74) is 0.441. The zero-order chi connectivity index (χ0) is 12.5. The minimum absolute atomic E-state index is 0.0249. The molecule has 0 unspecified atom stereocenters.